The van der Waals surface area contributed by atoms with Crippen molar-refractivity contribution in [3.63, 3.8) is 0 Å². The van der Waals surface area contributed by atoms with Gasteiger partial charge in [-0.25, -0.2) is 0 Å². The first kappa shape index (κ1) is 15.5. The topological polar surface area (TPSA) is 52.6 Å². The van der Waals surface area contributed by atoms with Gasteiger partial charge in [0.2, 0.25) is 0 Å². The van der Waals surface area contributed by atoms with Crippen LogP contribution >= 0.6 is 0 Å². The highest BCUT2D eigenvalue weighted by atomic mass is 16.3. The average Bonchev–Trinajstić information content (AvgIpc) is 3.21. The van der Waals surface area contributed by atoms with Gasteiger partial charge in [-0.2, -0.15) is 0 Å². The minimum absolute atomic E-state index is 0.190. The van der Waals surface area contributed by atoms with Crippen LogP contribution in [0.4, 0.5) is 0 Å². The lowest BCUT2D eigenvalue weighted by Crippen LogP contribution is -2.47. The number of rotatable bonds is 5. The number of likely N-dealkylation sites (tertiary alicyclic amines) is 1. The van der Waals surface area contributed by atoms with Crippen LogP contribution in [0.25, 0.3) is 0 Å². The SMILES string of the molecule is O=C(NCC(c1ccccc1)N1CCCC1)C1(O)CCCC1. The van der Waals surface area contributed by atoms with Crippen LogP contribution in [-0.2, 0) is 4.79 Å². The second-order valence-electron chi connectivity index (χ2n) is 6.62. The molecule has 1 saturated heterocycles. The fourth-order valence-electron chi connectivity index (χ4n) is 3.73. The van der Waals surface area contributed by atoms with Gasteiger partial charge >= 0.3 is 0 Å². The smallest absolute Gasteiger partial charge is 0.252 e. The Hall–Kier alpha value is -1.39. The van der Waals surface area contributed by atoms with E-state index >= 15 is 0 Å². The lowest BCUT2D eigenvalue weighted by molar-refractivity contribution is -0.139. The second kappa shape index (κ2) is 6.80. The largest absolute Gasteiger partial charge is 0.380 e. The van der Waals surface area contributed by atoms with E-state index in [1.807, 2.05) is 18.2 Å². The van der Waals surface area contributed by atoms with Crippen LogP contribution in [0.1, 0.15) is 50.1 Å². The van der Waals surface area contributed by atoms with Crippen molar-refractivity contribution in [2.24, 2.45) is 0 Å². The third kappa shape index (κ3) is 3.33. The molecule has 0 bridgehead atoms. The Kier molecular flexibility index (Phi) is 4.79. The molecule has 1 aromatic carbocycles. The molecule has 1 atom stereocenters. The van der Waals surface area contributed by atoms with Gasteiger partial charge in [0.15, 0.2) is 0 Å². The zero-order chi connectivity index (χ0) is 15.4. The number of amides is 1. The van der Waals surface area contributed by atoms with E-state index in [2.05, 4.69) is 22.3 Å². The van der Waals surface area contributed by atoms with Crippen molar-refractivity contribution in [2.75, 3.05) is 19.6 Å². The molecule has 4 heteroatoms. The van der Waals surface area contributed by atoms with Crippen LogP contribution in [0.2, 0.25) is 0 Å². The van der Waals surface area contributed by atoms with E-state index in [0.717, 1.165) is 25.9 Å². The maximum Gasteiger partial charge on any atom is 0.252 e. The van der Waals surface area contributed by atoms with Crippen LogP contribution in [0, 0.1) is 0 Å². The van der Waals surface area contributed by atoms with E-state index in [1.165, 1.54) is 18.4 Å². The molecule has 1 aliphatic heterocycles. The standard InChI is InChI=1S/C18H26N2O2/c21-17(18(22)10-4-5-11-18)19-14-16(20-12-6-7-13-20)15-8-2-1-3-9-15/h1-3,8-9,16,22H,4-7,10-14H2,(H,19,21). The quantitative estimate of drug-likeness (QED) is 0.877. The zero-order valence-corrected chi connectivity index (χ0v) is 13.1. The van der Waals surface area contributed by atoms with Crippen LogP contribution in [0.3, 0.4) is 0 Å². The molecular formula is C18H26N2O2. The maximum absolute atomic E-state index is 12.3. The molecule has 2 N–H and O–H groups in total. The van der Waals surface area contributed by atoms with Gasteiger partial charge in [-0.3, -0.25) is 9.69 Å². The van der Waals surface area contributed by atoms with Gasteiger partial charge < -0.3 is 10.4 Å². The summed E-state index contributed by atoms with van der Waals surface area (Å²) in [5.74, 6) is -0.190. The van der Waals surface area contributed by atoms with Crippen LogP contribution in [0.15, 0.2) is 30.3 Å². The molecule has 2 aliphatic rings. The van der Waals surface area contributed by atoms with Gasteiger partial charge in [0.25, 0.3) is 5.91 Å². The summed E-state index contributed by atoms with van der Waals surface area (Å²) in [7, 11) is 0. The molecule has 4 nitrogen and oxygen atoms in total. The van der Waals surface area contributed by atoms with Gasteiger partial charge in [0.05, 0.1) is 6.04 Å². The van der Waals surface area contributed by atoms with E-state index in [9.17, 15) is 9.90 Å². The average molecular weight is 302 g/mol. The molecule has 0 spiro atoms. The maximum atomic E-state index is 12.3. The van der Waals surface area contributed by atoms with Crippen molar-refractivity contribution in [1.82, 2.24) is 10.2 Å². The lowest BCUT2D eigenvalue weighted by atomic mass is 10.0. The highest BCUT2D eigenvalue weighted by Crippen LogP contribution is 2.30. The molecule has 1 amide bonds. The van der Waals surface area contributed by atoms with Gasteiger partial charge in [0.1, 0.15) is 5.60 Å². The second-order valence-corrected chi connectivity index (χ2v) is 6.62. The van der Waals surface area contributed by atoms with Gasteiger partial charge in [-0.05, 0) is 57.2 Å². The predicted molar refractivity (Wildman–Crippen MR) is 86.4 cm³/mol. The Morgan fingerprint density at radius 1 is 1.14 bits per heavy atom. The molecule has 1 saturated carbocycles. The molecule has 22 heavy (non-hydrogen) atoms. The number of hydrogen-bond donors (Lipinski definition) is 2. The van der Waals surface area contributed by atoms with E-state index in [0.29, 0.717) is 19.4 Å². The summed E-state index contributed by atoms with van der Waals surface area (Å²) in [5.41, 5.74) is 0.106. The number of carbonyl (C=O) groups is 1. The number of hydrogen-bond acceptors (Lipinski definition) is 3. The fourth-order valence-corrected chi connectivity index (χ4v) is 3.73. The number of nitrogens with one attached hydrogen (secondary N) is 1. The van der Waals surface area contributed by atoms with Crippen LogP contribution < -0.4 is 5.32 Å². The molecule has 1 aromatic rings. The summed E-state index contributed by atoms with van der Waals surface area (Å²) >= 11 is 0. The van der Waals surface area contributed by atoms with Crippen molar-refractivity contribution < 1.29 is 9.90 Å². The molecule has 0 radical (unpaired) electrons. The van der Waals surface area contributed by atoms with E-state index in [-0.39, 0.29) is 11.9 Å². The summed E-state index contributed by atoms with van der Waals surface area (Å²) in [4.78, 5) is 14.8. The predicted octanol–water partition coefficient (Wildman–Crippen LogP) is 2.24. The Labute approximate surface area is 132 Å². The minimum atomic E-state index is -1.13. The van der Waals surface area contributed by atoms with Crippen molar-refractivity contribution in [3.8, 4) is 0 Å². The first-order valence-electron chi connectivity index (χ1n) is 8.49. The molecule has 1 unspecified atom stereocenters. The lowest BCUT2D eigenvalue weighted by Gasteiger charge is -2.30. The number of aliphatic hydroxyl groups is 1. The summed E-state index contributed by atoms with van der Waals surface area (Å²) in [6.45, 7) is 2.74. The number of benzene rings is 1. The molecule has 1 heterocycles. The Balaban J connectivity index is 1.66. The molecule has 2 fully saturated rings. The number of nitrogens with zero attached hydrogens (tertiary/aromatic N) is 1. The Morgan fingerprint density at radius 3 is 2.41 bits per heavy atom. The summed E-state index contributed by atoms with van der Waals surface area (Å²) in [6.07, 6.45) is 5.52. The zero-order valence-electron chi connectivity index (χ0n) is 13.1. The third-order valence-corrected chi connectivity index (χ3v) is 5.08. The van der Waals surface area contributed by atoms with E-state index in [1.54, 1.807) is 0 Å². The van der Waals surface area contributed by atoms with Crippen molar-refractivity contribution in [3.05, 3.63) is 35.9 Å². The van der Waals surface area contributed by atoms with Crippen LogP contribution in [0.5, 0.6) is 0 Å². The first-order chi connectivity index (χ1) is 10.7. The molecule has 0 aromatic heterocycles. The Morgan fingerprint density at radius 2 is 1.77 bits per heavy atom. The normalized spacial score (nSPS) is 22.6. The van der Waals surface area contributed by atoms with Crippen molar-refractivity contribution >= 4 is 5.91 Å². The van der Waals surface area contributed by atoms with E-state index < -0.39 is 5.60 Å². The molecule has 1 aliphatic carbocycles. The van der Waals surface area contributed by atoms with Crippen LogP contribution in [-0.4, -0.2) is 41.1 Å². The highest BCUT2D eigenvalue weighted by molar-refractivity contribution is 5.85. The van der Waals surface area contributed by atoms with Gasteiger partial charge in [-0.1, -0.05) is 30.3 Å². The summed E-state index contributed by atoms with van der Waals surface area (Å²) in [5, 5.41) is 13.4. The Bertz CT molecular complexity index is 491. The minimum Gasteiger partial charge on any atom is -0.380 e. The first-order valence-corrected chi connectivity index (χ1v) is 8.49. The third-order valence-electron chi connectivity index (χ3n) is 5.08. The van der Waals surface area contributed by atoms with Gasteiger partial charge in [-0.15, -0.1) is 0 Å². The van der Waals surface area contributed by atoms with Gasteiger partial charge in [0, 0.05) is 6.54 Å². The summed E-state index contributed by atoms with van der Waals surface area (Å²) in [6, 6.07) is 10.6. The summed E-state index contributed by atoms with van der Waals surface area (Å²) < 4.78 is 0. The monoisotopic (exact) mass is 302 g/mol. The molecule has 3 rings (SSSR count). The van der Waals surface area contributed by atoms with E-state index in [4.69, 9.17) is 0 Å². The molecule has 120 valence electrons. The molecular weight excluding hydrogens is 276 g/mol. The van der Waals surface area contributed by atoms with Crippen molar-refractivity contribution in [2.45, 2.75) is 50.2 Å². The van der Waals surface area contributed by atoms with Crippen molar-refractivity contribution in [1.29, 1.82) is 0 Å². The fraction of sp³-hybridized carbons (Fsp3) is 0.611. The number of carbonyl (C=O) groups excluding carboxylic acids is 1. The highest BCUT2D eigenvalue weighted by Gasteiger charge is 2.39.